The summed E-state index contributed by atoms with van der Waals surface area (Å²) < 4.78 is 2.02. The van der Waals surface area contributed by atoms with Gasteiger partial charge in [0.25, 0.3) is 0 Å². The van der Waals surface area contributed by atoms with E-state index in [1.807, 2.05) is 32.0 Å². The van der Waals surface area contributed by atoms with Crippen LogP contribution < -0.4 is 0 Å². The van der Waals surface area contributed by atoms with Crippen LogP contribution in [0.1, 0.15) is 6.92 Å². The van der Waals surface area contributed by atoms with Gasteiger partial charge in [0, 0.05) is 24.8 Å². The highest BCUT2D eigenvalue weighted by Gasteiger charge is 2.01. The molecule has 1 aromatic heterocycles. The lowest BCUT2D eigenvalue weighted by Gasteiger charge is -2.10. The highest BCUT2D eigenvalue weighted by Crippen LogP contribution is 2.22. The molecule has 0 aliphatic heterocycles. The molecule has 0 aliphatic carbocycles. The molecule has 5 heteroatoms. The van der Waals surface area contributed by atoms with E-state index in [9.17, 15) is 0 Å². The average molecular weight is 368 g/mol. The molecule has 0 atom stereocenters. The molecule has 0 saturated heterocycles. The fourth-order valence-corrected chi connectivity index (χ4v) is 2.10. The van der Waals surface area contributed by atoms with Crippen LogP contribution in [0.15, 0.2) is 21.7 Å². The first-order valence-electron chi connectivity index (χ1n) is 4.04. The SMILES string of the molecule is C/C(=N\c1ncc(Br)cc1I)N(C)C. The fourth-order valence-electron chi connectivity index (χ4n) is 0.743. The molecular formula is C9H11BrIN3. The van der Waals surface area contributed by atoms with Gasteiger partial charge in [0.1, 0.15) is 5.84 Å². The summed E-state index contributed by atoms with van der Waals surface area (Å²) in [5, 5.41) is 0. The van der Waals surface area contributed by atoms with Crippen LogP contribution in [-0.4, -0.2) is 29.8 Å². The zero-order valence-electron chi connectivity index (χ0n) is 8.25. The molecule has 0 aliphatic rings. The Hall–Kier alpha value is -0.170. The van der Waals surface area contributed by atoms with E-state index >= 15 is 0 Å². The summed E-state index contributed by atoms with van der Waals surface area (Å²) >= 11 is 5.59. The molecular weight excluding hydrogens is 357 g/mol. The van der Waals surface area contributed by atoms with Crippen molar-refractivity contribution < 1.29 is 0 Å². The molecule has 0 bridgehead atoms. The van der Waals surface area contributed by atoms with Gasteiger partial charge in [0.05, 0.1) is 3.57 Å². The molecule has 1 rings (SSSR count). The normalized spacial score (nSPS) is 11.6. The van der Waals surface area contributed by atoms with Gasteiger partial charge in [-0.2, -0.15) is 0 Å². The summed E-state index contributed by atoms with van der Waals surface area (Å²) in [5.74, 6) is 1.71. The quantitative estimate of drug-likeness (QED) is 0.433. The second kappa shape index (κ2) is 5.06. The van der Waals surface area contributed by atoms with Gasteiger partial charge < -0.3 is 4.90 Å². The maximum atomic E-state index is 4.40. The highest BCUT2D eigenvalue weighted by molar-refractivity contribution is 14.1. The van der Waals surface area contributed by atoms with Crippen LogP contribution in [0.4, 0.5) is 5.82 Å². The number of hydrogen-bond acceptors (Lipinski definition) is 2. The predicted molar refractivity (Wildman–Crippen MR) is 71.1 cm³/mol. The standard InChI is InChI=1S/C9H11BrIN3/c1-6(14(2)3)13-9-8(11)4-7(10)5-12-9/h4-5H,1-3H3/b13-6+. The molecule has 0 spiro atoms. The second-order valence-electron chi connectivity index (χ2n) is 3.01. The van der Waals surface area contributed by atoms with Crippen molar-refractivity contribution >= 4 is 50.2 Å². The first-order valence-corrected chi connectivity index (χ1v) is 5.91. The second-order valence-corrected chi connectivity index (χ2v) is 5.09. The molecule has 14 heavy (non-hydrogen) atoms. The zero-order valence-corrected chi connectivity index (χ0v) is 12.0. The van der Waals surface area contributed by atoms with Gasteiger partial charge in [-0.05, 0) is 51.5 Å². The lowest BCUT2D eigenvalue weighted by atomic mass is 10.4. The number of rotatable bonds is 1. The van der Waals surface area contributed by atoms with Crippen LogP contribution in [-0.2, 0) is 0 Å². The molecule has 0 unspecified atom stereocenters. The third-order valence-corrected chi connectivity index (χ3v) is 2.93. The molecule has 0 radical (unpaired) electrons. The van der Waals surface area contributed by atoms with E-state index in [4.69, 9.17) is 0 Å². The van der Waals surface area contributed by atoms with Gasteiger partial charge in [-0.25, -0.2) is 9.98 Å². The van der Waals surface area contributed by atoms with E-state index in [0.29, 0.717) is 0 Å². The Morgan fingerprint density at radius 3 is 2.71 bits per heavy atom. The predicted octanol–water partition coefficient (Wildman–Crippen LogP) is 3.06. The molecule has 1 aromatic rings. The van der Waals surface area contributed by atoms with Crippen LogP contribution in [0.2, 0.25) is 0 Å². The smallest absolute Gasteiger partial charge is 0.167 e. The molecule has 0 amide bonds. The van der Waals surface area contributed by atoms with Gasteiger partial charge in [-0.1, -0.05) is 0 Å². The minimum absolute atomic E-state index is 0.764. The third kappa shape index (κ3) is 3.20. The van der Waals surface area contributed by atoms with Gasteiger partial charge in [-0.3, -0.25) is 0 Å². The minimum atomic E-state index is 0.764. The summed E-state index contributed by atoms with van der Waals surface area (Å²) in [6.07, 6.45) is 1.75. The topological polar surface area (TPSA) is 28.5 Å². The van der Waals surface area contributed by atoms with E-state index in [0.717, 1.165) is 19.7 Å². The number of amidine groups is 1. The van der Waals surface area contributed by atoms with Crippen molar-refractivity contribution in [3.8, 4) is 0 Å². The summed E-state index contributed by atoms with van der Waals surface area (Å²) in [4.78, 5) is 10.6. The summed E-state index contributed by atoms with van der Waals surface area (Å²) in [5.41, 5.74) is 0. The number of halogens is 2. The van der Waals surface area contributed by atoms with Crippen LogP contribution >= 0.6 is 38.5 Å². The van der Waals surface area contributed by atoms with Crippen molar-refractivity contribution in [2.45, 2.75) is 6.92 Å². The lowest BCUT2D eigenvalue weighted by Crippen LogP contribution is -2.17. The van der Waals surface area contributed by atoms with Crippen molar-refractivity contribution in [1.29, 1.82) is 0 Å². The van der Waals surface area contributed by atoms with Crippen molar-refractivity contribution in [3.05, 3.63) is 20.3 Å². The zero-order chi connectivity index (χ0) is 10.7. The minimum Gasteiger partial charge on any atom is -0.366 e. The number of aromatic nitrogens is 1. The van der Waals surface area contributed by atoms with E-state index < -0.39 is 0 Å². The number of hydrogen-bond donors (Lipinski definition) is 0. The first kappa shape index (κ1) is 11.9. The number of aliphatic imine (C=N–C) groups is 1. The largest absolute Gasteiger partial charge is 0.366 e. The summed E-state index contributed by atoms with van der Waals surface area (Å²) in [6.45, 7) is 1.96. The lowest BCUT2D eigenvalue weighted by molar-refractivity contribution is 0.618. The Morgan fingerprint density at radius 2 is 2.21 bits per heavy atom. The Kier molecular flexibility index (Phi) is 4.31. The fraction of sp³-hybridized carbons (Fsp3) is 0.333. The van der Waals surface area contributed by atoms with Crippen LogP contribution in [0.25, 0.3) is 0 Å². The van der Waals surface area contributed by atoms with Crippen LogP contribution in [0.3, 0.4) is 0 Å². The number of nitrogens with zero attached hydrogens (tertiary/aromatic N) is 3. The Bertz CT molecular complexity index is 363. The molecule has 0 fully saturated rings. The van der Waals surface area contributed by atoms with Crippen molar-refractivity contribution in [3.63, 3.8) is 0 Å². The van der Waals surface area contributed by atoms with E-state index in [-0.39, 0.29) is 0 Å². The van der Waals surface area contributed by atoms with E-state index in [1.165, 1.54) is 0 Å². The van der Waals surface area contributed by atoms with Gasteiger partial charge >= 0.3 is 0 Å². The van der Waals surface area contributed by atoms with Crippen molar-refractivity contribution in [2.24, 2.45) is 4.99 Å². The Morgan fingerprint density at radius 1 is 1.57 bits per heavy atom. The van der Waals surface area contributed by atoms with Crippen LogP contribution in [0, 0.1) is 3.57 Å². The molecule has 3 nitrogen and oxygen atoms in total. The molecule has 0 N–H and O–H groups in total. The Labute approximate surface area is 106 Å². The maximum Gasteiger partial charge on any atom is 0.167 e. The average Bonchev–Trinajstić information content (AvgIpc) is 2.09. The van der Waals surface area contributed by atoms with E-state index in [1.54, 1.807) is 6.20 Å². The Balaban J connectivity index is 3.03. The van der Waals surface area contributed by atoms with Gasteiger partial charge in [-0.15, -0.1) is 0 Å². The first-order chi connectivity index (χ1) is 6.50. The maximum absolute atomic E-state index is 4.40. The molecule has 0 aromatic carbocycles. The summed E-state index contributed by atoms with van der Waals surface area (Å²) in [7, 11) is 3.93. The number of pyridine rings is 1. The van der Waals surface area contributed by atoms with E-state index in [2.05, 4.69) is 48.5 Å². The third-order valence-electron chi connectivity index (χ3n) is 1.70. The van der Waals surface area contributed by atoms with Crippen molar-refractivity contribution in [2.75, 3.05) is 14.1 Å². The van der Waals surface area contributed by atoms with Crippen LogP contribution in [0.5, 0.6) is 0 Å². The highest BCUT2D eigenvalue weighted by atomic mass is 127. The van der Waals surface area contributed by atoms with Gasteiger partial charge in [0.15, 0.2) is 5.82 Å². The molecule has 0 saturated carbocycles. The van der Waals surface area contributed by atoms with Crippen molar-refractivity contribution in [1.82, 2.24) is 9.88 Å². The monoisotopic (exact) mass is 367 g/mol. The molecule has 1 heterocycles. The summed E-state index contributed by atoms with van der Waals surface area (Å²) in [6, 6.07) is 2.00. The van der Waals surface area contributed by atoms with Gasteiger partial charge in [0.2, 0.25) is 0 Å². The molecule has 76 valence electrons.